The Bertz CT molecular complexity index is 515. The van der Waals surface area contributed by atoms with Gasteiger partial charge in [0.05, 0.1) is 0 Å². The highest BCUT2D eigenvalue weighted by molar-refractivity contribution is 5.43. The van der Waals surface area contributed by atoms with Crippen molar-refractivity contribution in [3.8, 4) is 0 Å². The zero-order valence-electron chi connectivity index (χ0n) is 24.0. The maximum Gasteiger partial charge on any atom is 0.0377 e. The molecule has 1 heteroatoms. The number of allylic oxidation sites excluding steroid dienone is 1. The summed E-state index contributed by atoms with van der Waals surface area (Å²) in [7, 11) is 0. The molecular formula is C34H63N. The molecule has 1 heterocycles. The van der Waals surface area contributed by atoms with Crippen molar-refractivity contribution in [3.63, 3.8) is 0 Å². The fraction of sp³-hybridized carbons (Fsp3) is 0.824. The molecule has 0 saturated heterocycles. The van der Waals surface area contributed by atoms with Crippen molar-refractivity contribution in [2.24, 2.45) is 0 Å². The molecule has 1 N–H and O–H groups in total. The highest BCUT2D eigenvalue weighted by Gasteiger charge is 1.96. The molecule has 0 aliphatic rings. The van der Waals surface area contributed by atoms with Gasteiger partial charge >= 0.3 is 0 Å². The summed E-state index contributed by atoms with van der Waals surface area (Å²) in [5.74, 6) is 0. The van der Waals surface area contributed by atoms with Gasteiger partial charge < -0.3 is 4.98 Å². The molecule has 1 aromatic rings. The lowest BCUT2D eigenvalue weighted by molar-refractivity contribution is 0.515. The van der Waals surface area contributed by atoms with Crippen molar-refractivity contribution in [2.75, 3.05) is 0 Å². The predicted octanol–water partition coefficient (Wildman–Crippen LogP) is 12.6. The number of aromatic amines is 1. The second kappa shape index (κ2) is 27.6. The molecule has 0 saturated carbocycles. The summed E-state index contributed by atoms with van der Waals surface area (Å²) in [5.41, 5.74) is 1.22. The lowest BCUT2D eigenvalue weighted by Crippen LogP contribution is -1.84. The molecule has 0 amide bonds. The monoisotopic (exact) mass is 485 g/mol. The quantitative estimate of drug-likeness (QED) is 0.114. The highest BCUT2D eigenvalue weighted by Crippen LogP contribution is 2.16. The highest BCUT2D eigenvalue weighted by atomic mass is 14.7. The van der Waals surface area contributed by atoms with E-state index in [1.54, 1.807) is 0 Å². The van der Waals surface area contributed by atoms with Crippen molar-refractivity contribution < 1.29 is 0 Å². The predicted molar refractivity (Wildman–Crippen MR) is 160 cm³/mol. The third-order valence-electron chi connectivity index (χ3n) is 7.64. The molecule has 1 aromatic heterocycles. The molecule has 0 unspecified atom stereocenters. The average Bonchev–Trinajstić information content (AvgIpc) is 3.39. The normalized spacial score (nSPS) is 11.7. The van der Waals surface area contributed by atoms with Crippen LogP contribution < -0.4 is 0 Å². The standard InChI is InChI=1S/C34H63N/c1-2-3-4-5-6-7-8-9-10-11-12-13-14-15-16-17-18-19-20-21-22-23-24-25-26-27-28-29-31-34-32-30-33-35-34/h29-33,35H,2-28H2,1H3/b31-29+. The smallest absolute Gasteiger partial charge is 0.0377 e. The van der Waals surface area contributed by atoms with Gasteiger partial charge in [0.25, 0.3) is 0 Å². The molecule has 1 nitrogen and oxygen atoms in total. The van der Waals surface area contributed by atoms with Gasteiger partial charge in [0.15, 0.2) is 0 Å². The zero-order valence-corrected chi connectivity index (χ0v) is 24.0. The summed E-state index contributed by atoms with van der Waals surface area (Å²) in [6.45, 7) is 2.30. The summed E-state index contributed by atoms with van der Waals surface area (Å²) < 4.78 is 0. The van der Waals surface area contributed by atoms with E-state index in [1.807, 2.05) is 6.20 Å². The average molecular weight is 486 g/mol. The second-order valence-electron chi connectivity index (χ2n) is 11.2. The number of H-pyrrole nitrogens is 1. The number of aromatic nitrogens is 1. The fourth-order valence-corrected chi connectivity index (χ4v) is 5.24. The van der Waals surface area contributed by atoms with Gasteiger partial charge in [-0.05, 0) is 31.1 Å². The molecule has 0 fully saturated rings. The van der Waals surface area contributed by atoms with E-state index in [2.05, 4.69) is 36.2 Å². The van der Waals surface area contributed by atoms with Gasteiger partial charge in [-0.15, -0.1) is 0 Å². The van der Waals surface area contributed by atoms with Crippen LogP contribution in [0, 0.1) is 0 Å². The first-order valence-electron chi connectivity index (χ1n) is 16.2. The van der Waals surface area contributed by atoms with Crippen LogP contribution in [0.15, 0.2) is 24.4 Å². The third-order valence-corrected chi connectivity index (χ3v) is 7.64. The van der Waals surface area contributed by atoms with Gasteiger partial charge in [-0.1, -0.05) is 174 Å². The molecule has 0 spiro atoms. The van der Waals surface area contributed by atoms with E-state index in [0.717, 1.165) is 0 Å². The van der Waals surface area contributed by atoms with Crippen molar-refractivity contribution in [3.05, 3.63) is 30.1 Å². The summed E-state index contributed by atoms with van der Waals surface area (Å²) in [4.78, 5) is 3.22. The molecule has 0 atom stereocenters. The summed E-state index contributed by atoms with van der Waals surface area (Å²) in [5, 5.41) is 0. The van der Waals surface area contributed by atoms with Crippen LogP contribution in [0.2, 0.25) is 0 Å². The molecule has 204 valence electrons. The Morgan fingerprint density at radius 3 is 1.14 bits per heavy atom. The van der Waals surface area contributed by atoms with Gasteiger partial charge in [-0.2, -0.15) is 0 Å². The maximum atomic E-state index is 3.22. The molecule has 0 aliphatic heterocycles. The fourth-order valence-electron chi connectivity index (χ4n) is 5.24. The topological polar surface area (TPSA) is 15.8 Å². The van der Waals surface area contributed by atoms with Crippen LogP contribution in [-0.2, 0) is 0 Å². The van der Waals surface area contributed by atoms with Crippen LogP contribution >= 0.6 is 0 Å². The van der Waals surface area contributed by atoms with E-state index in [0.29, 0.717) is 0 Å². The number of rotatable bonds is 28. The van der Waals surface area contributed by atoms with E-state index in [9.17, 15) is 0 Å². The second-order valence-corrected chi connectivity index (χ2v) is 11.2. The first-order valence-corrected chi connectivity index (χ1v) is 16.2. The Balaban J connectivity index is 1.63. The van der Waals surface area contributed by atoms with Crippen LogP contribution in [0.4, 0.5) is 0 Å². The number of hydrogen-bond donors (Lipinski definition) is 1. The van der Waals surface area contributed by atoms with Crippen LogP contribution in [-0.4, -0.2) is 4.98 Å². The first kappa shape index (κ1) is 32.0. The molecule has 0 radical (unpaired) electrons. The van der Waals surface area contributed by atoms with Gasteiger partial charge in [0.1, 0.15) is 0 Å². The van der Waals surface area contributed by atoms with Gasteiger partial charge in [0.2, 0.25) is 0 Å². The van der Waals surface area contributed by atoms with Crippen molar-refractivity contribution in [1.82, 2.24) is 4.98 Å². The van der Waals surface area contributed by atoms with Crippen molar-refractivity contribution >= 4 is 6.08 Å². The Morgan fingerprint density at radius 1 is 0.486 bits per heavy atom. The van der Waals surface area contributed by atoms with Crippen LogP contribution in [0.25, 0.3) is 6.08 Å². The summed E-state index contributed by atoms with van der Waals surface area (Å²) >= 11 is 0. The molecule has 1 rings (SSSR count). The Hall–Kier alpha value is -0.980. The SMILES string of the molecule is CCCCCCCCCCCCCCCCCCCCCCCCCCCC/C=C/c1ccc[nH]1. The number of nitrogens with one attached hydrogen (secondary N) is 1. The Morgan fingerprint density at radius 2 is 0.829 bits per heavy atom. The molecule has 35 heavy (non-hydrogen) atoms. The lowest BCUT2D eigenvalue weighted by Gasteiger charge is -2.04. The van der Waals surface area contributed by atoms with E-state index < -0.39 is 0 Å². The Kier molecular flexibility index (Phi) is 25.3. The van der Waals surface area contributed by atoms with Crippen molar-refractivity contribution in [1.29, 1.82) is 0 Å². The first-order chi connectivity index (χ1) is 17.4. The summed E-state index contributed by atoms with van der Waals surface area (Å²) in [6, 6.07) is 4.18. The van der Waals surface area contributed by atoms with Crippen molar-refractivity contribution in [2.45, 2.75) is 180 Å². The Labute approximate surface area is 221 Å². The molecule has 0 aliphatic carbocycles. The molecular weight excluding hydrogens is 422 g/mol. The minimum Gasteiger partial charge on any atom is -0.362 e. The van der Waals surface area contributed by atoms with Crippen LogP contribution in [0.1, 0.15) is 186 Å². The van der Waals surface area contributed by atoms with E-state index in [-0.39, 0.29) is 0 Å². The van der Waals surface area contributed by atoms with E-state index >= 15 is 0 Å². The van der Waals surface area contributed by atoms with E-state index in [1.165, 1.54) is 179 Å². The minimum atomic E-state index is 1.22. The van der Waals surface area contributed by atoms with E-state index in [4.69, 9.17) is 0 Å². The third kappa shape index (κ3) is 24.5. The lowest BCUT2D eigenvalue weighted by atomic mass is 10.0. The number of unbranched alkanes of at least 4 members (excludes halogenated alkanes) is 26. The van der Waals surface area contributed by atoms with Crippen LogP contribution in [0.5, 0.6) is 0 Å². The minimum absolute atomic E-state index is 1.22. The van der Waals surface area contributed by atoms with Crippen LogP contribution in [0.3, 0.4) is 0 Å². The molecule has 0 bridgehead atoms. The summed E-state index contributed by atoms with van der Waals surface area (Å²) in [6.07, 6.45) is 45.7. The molecule has 0 aromatic carbocycles. The largest absolute Gasteiger partial charge is 0.362 e. The van der Waals surface area contributed by atoms with Gasteiger partial charge in [0, 0.05) is 11.9 Å². The maximum absolute atomic E-state index is 3.22. The number of hydrogen-bond acceptors (Lipinski definition) is 0. The van der Waals surface area contributed by atoms with Gasteiger partial charge in [-0.25, -0.2) is 0 Å². The zero-order chi connectivity index (χ0) is 24.9. The van der Waals surface area contributed by atoms with Gasteiger partial charge in [-0.3, -0.25) is 0 Å².